The number of likely N-dealkylation sites (N-methyl/N-ethyl adjacent to an activating group) is 1. The van der Waals surface area contributed by atoms with Crippen LogP contribution in [0.4, 0.5) is 0 Å². The van der Waals surface area contributed by atoms with E-state index in [1.54, 1.807) is 0 Å². The lowest BCUT2D eigenvalue weighted by molar-refractivity contribution is 0.225. The van der Waals surface area contributed by atoms with E-state index >= 15 is 0 Å². The SMILES string of the molecule is CCN1CCn2c(C(C)C)cnc2C1. The van der Waals surface area contributed by atoms with Crippen LogP contribution in [0.2, 0.25) is 0 Å². The van der Waals surface area contributed by atoms with Gasteiger partial charge in [-0.2, -0.15) is 0 Å². The lowest BCUT2D eigenvalue weighted by Crippen LogP contribution is -2.34. The minimum absolute atomic E-state index is 0.587. The van der Waals surface area contributed by atoms with Gasteiger partial charge in [0.15, 0.2) is 0 Å². The maximum absolute atomic E-state index is 4.50. The zero-order valence-corrected chi connectivity index (χ0v) is 9.32. The molecule has 1 aliphatic rings. The smallest absolute Gasteiger partial charge is 0.123 e. The summed E-state index contributed by atoms with van der Waals surface area (Å²) in [4.78, 5) is 6.93. The summed E-state index contributed by atoms with van der Waals surface area (Å²) >= 11 is 0. The van der Waals surface area contributed by atoms with Crippen molar-refractivity contribution in [2.75, 3.05) is 13.1 Å². The van der Waals surface area contributed by atoms with Crippen LogP contribution in [-0.4, -0.2) is 27.5 Å². The Morgan fingerprint density at radius 3 is 2.86 bits per heavy atom. The van der Waals surface area contributed by atoms with Crippen molar-refractivity contribution in [3.05, 3.63) is 17.7 Å². The average molecular weight is 193 g/mol. The summed E-state index contributed by atoms with van der Waals surface area (Å²) in [5.41, 5.74) is 1.38. The Hall–Kier alpha value is -0.830. The van der Waals surface area contributed by atoms with Crippen molar-refractivity contribution in [3.63, 3.8) is 0 Å². The second-order valence-electron chi connectivity index (χ2n) is 4.27. The molecule has 0 aliphatic carbocycles. The molecular weight excluding hydrogens is 174 g/mol. The molecule has 78 valence electrons. The van der Waals surface area contributed by atoms with Crippen LogP contribution in [0.5, 0.6) is 0 Å². The summed E-state index contributed by atoms with van der Waals surface area (Å²) in [6.45, 7) is 11.1. The van der Waals surface area contributed by atoms with E-state index in [4.69, 9.17) is 0 Å². The lowest BCUT2D eigenvalue weighted by Gasteiger charge is -2.27. The van der Waals surface area contributed by atoms with Crippen molar-refractivity contribution in [3.8, 4) is 0 Å². The summed E-state index contributed by atoms with van der Waals surface area (Å²) in [7, 11) is 0. The van der Waals surface area contributed by atoms with Gasteiger partial charge in [0.2, 0.25) is 0 Å². The highest BCUT2D eigenvalue weighted by Gasteiger charge is 2.19. The Labute approximate surface area is 85.7 Å². The van der Waals surface area contributed by atoms with E-state index in [9.17, 15) is 0 Å². The van der Waals surface area contributed by atoms with Gasteiger partial charge in [-0.25, -0.2) is 4.98 Å². The minimum atomic E-state index is 0.587. The molecule has 2 rings (SSSR count). The third-order valence-corrected chi connectivity index (χ3v) is 3.01. The minimum Gasteiger partial charge on any atom is -0.329 e. The van der Waals surface area contributed by atoms with Gasteiger partial charge in [-0.15, -0.1) is 0 Å². The molecule has 0 N–H and O–H groups in total. The van der Waals surface area contributed by atoms with Gasteiger partial charge in [-0.1, -0.05) is 20.8 Å². The first-order chi connectivity index (χ1) is 6.72. The Bertz CT molecular complexity index is 314. The van der Waals surface area contributed by atoms with E-state index in [1.807, 2.05) is 6.20 Å². The highest BCUT2D eigenvalue weighted by molar-refractivity contribution is 5.11. The monoisotopic (exact) mass is 193 g/mol. The molecule has 2 heterocycles. The van der Waals surface area contributed by atoms with Gasteiger partial charge in [0.05, 0.1) is 6.54 Å². The number of nitrogens with zero attached hydrogens (tertiary/aromatic N) is 3. The van der Waals surface area contributed by atoms with E-state index in [1.165, 1.54) is 18.1 Å². The number of fused-ring (bicyclic) bond motifs is 1. The fourth-order valence-corrected chi connectivity index (χ4v) is 2.06. The molecule has 0 unspecified atom stereocenters. The number of aromatic nitrogens is 2. The Morgan fingerprint density at radius 1 is 1.43 bits per heavy atom. The maximum atomic E-state index is 4.50. The predicted octanol–water partition coefficient (Wildman–Crippen LogP) is 1.84. The molecule has 1 aliphatic heterocycles. The van der Waals surface area contributed by atoms with Crippen LogP contribution in [0.25, 0.3) is 0 Å². The van der Waals surface area contributed by atoms with Gasteiger partial charge in [-0.3, -0.25) is 4.90 Å². The Kier molecular flexibility index (Phi) is 2.59. The van der Waals surface area contributed by atoms with E-state index in [2.05, 4.69) is 35.2 Å². The molecule has 3 heteroatoms. The molecule has 14 heavy (non-hydrogen) atoms. The van der Waals surface area contributed by atoms with Crippen molar-refractivity contribution in [1.29, 1.82) is 0 Å². The summed E-state index contributed by atoms with van der Waals surface area (Å²) in [5.74, 6) is 1.83. The third kappa shape index (κ3) is 1.57. The van der Waals surface area contributed by atoms with Gasteiger partial charge >= 0.3 is 0 Å². The maximum Gasteiger partial charge on any atom is 0.123 e. The lowest BCUT2D eigenvalue weighted by atomic mass is 10.1. The first-order valence-corrected chi connectivity index (χ1v) is 5.49. The standard InChI is InChI=1S/C11H19N3/c1-4-13-5-6-14-10(9(2)3)7-12-11(14)8-13/h7,9H,4-6,8H2,1-3H3. The van der Waals surface area contributed by atoms with Gasteiger partial charge in [-0.05, 0) is 12.5 Å². The summed E-state index contributed by atoms with van der Waals surface area (Å²) < 4.78 is 2.39. The number of hydrogen-bond acceptors (Lipinski definition) is 2. The van der Waals surface area contributed by atoms with E-state index in [0.29, 0.717) is 5.92 Å². The molecule has 0 saturated heterocycles. The second kappa shape index (κ2) is 3.73. The topological polar surface area (TPSA) is 21.1 Å². The van der Waals surface area contributed by atoms with E-state index < -0.39 is 0 Å². The number of hydrogen-bond donors (Lipinski definition) is 0. The molecule has 3 nitrogen and oxygen atoms in total. The fraction of sp³-hybridized carbons (Fsp3) is 0.727. The van der Waals surface area contributed by atoms with Crippen LogP contribution >= 0.6 is 0 Å². The van der Waals surface area contributed by atoms with Gasteiger partial charge in [0, 0.05) is 25.0 Å². The first-order valence-electron chi connectivity index (χ1n) is 5.49. The number of rotatable bonds is 2. The largest absolute Gasteiger partial charge is 0.329 e. The molecule has 0 bridgehead atoms. The molecule has 0 atom stereocenters. The van der Waals surface area contributed by atoms with Crippen molar-refractivity contribution in [1.82, 2.24) is 14.5 Å². The van der Waals surface area contributed by atoms with Crippen LogP contribution in [0.1, 0.15) is 38.2 Å². The first kappa shape index (κ1) is 9.71. The molecule has 0 fully saturated rings. The van der Waals surface area contributed by atoms with Crippen LogP contribution < -0.4 is 0 Å². The van der Waals surface area contributed by atoms with E-state index in [0.717, 1.165) is 19.6 Å². The van der Waals surface area contributed by atoms with Crippen molar-refractivity contribution in [2.24, 2.45) is 0 Å². The number of imidazole rings is 1. The molecule has 0 amide bonds. The van der Waals surface area contributed by atoms with Crippen molar-refractivity contribution < 1.29 is 0 Å². The zero-order chi connectivity index (χ0) is 10.1. The van der Waals surface area contributed by atoms with Crippen molar-refractivity contribution in [2.45, 2.75) is 39.8 Å². The fourth-order valence-electron chi connectivity index (χ4n) is 2.06. The summed E-state index contributed by atoms with van der Waals surface area (Å²) in [6, 6.07) is 0. The molecule has 1 aromatic heterocycles. The van der Waals surface area contributed by atoms with Gasteiger partial charge in [0.1, 0.15) is 5.82 Å². The quantitative estimate of drug-likeness (QED) is 0.714. The summed E-state index contributed by atoms with van der Waals surface area (Å²) in [5, 5.41) is 0. The molecule has 0 aromatic carbocycles. The van der Waals surface area contributed by atoms with Crippen LogP contribution in [0, 0.1) is 0 Å². The van der Waals surface area contributed by atoms with Crippen molar-refractivity contribution >= 4 is 0 Å². The van der Waals surface area contributed by atoms with Crippen LogP contribution in [0.15, 0.2) is 6.20 Å². The van der Waals surface area contributed by atoms with Crippen LogP contribution in [-0.2, 0) is 13.1 Å². The highest BCUT2D eigenvalue weighted by Crippen LogP contribution is 2.19. The normalized spacial score (nSPS) is 17.4. The zero-order valence-electron chi connectivity index (χ0n) is 9.32. The second-order valence-corrected chi connectivity index (χ2v) is 4.27. The van der Waals surface area contributed by atoms with Gasteiger partial charge in [0.25, 0.3) is 0 Å². The Morgan fingerprint density at radius 2 is 2.21 bits per heavy atom. The molecule has 0 radical (unpaired) electrons. The third-order valence-electron chi connectivity index (χ3n) is 3.01. The van der Waals surface area contributed by atoms with Gasteiger partial charge < -0.3 is 4.57 Å². The predicted molar refractivity (Wildman–Crippen MR) is 57.3 cm³/mol. The average Bonchev–Trinajstić information content (AvgIpc) is 2.59. The molecular formula is C11H19N3. The molecule has 0 saturated carbocycles. The van der Waals surface area contributed by atoms with E-state index in [-0.39, 0.29) is 0 Å². The summed E-state index contributed by atoms with van der Waals surface area (Å²) in [6.07, 6.45) is 2.04. The van der Waals surface area contributed by atoms with Crippen LogP contribution in [0.3, 0.4) is 0 Å². The molecule has 0 spiro atoms. The molecule has 1 aromatic rings. The Balaban J connectivity index is 2.25. The highest BCUT2D eigenvalue weighted by atomic mass is 15.2.